The van der Waals surface area contributed by atoms with E-state index in [2.05, 4.69) is 31.9 Å². The minimum absolute atomic E-state index is 0.0985. The van der Waals surface area contributed by atoms with Gasteiger partial charge in [0.25, 0.3) is 11.8 Å². The minimum Gasteiger partial charge on any atom is -0.325 e. The summed E-state index contributed by atoms with van der Waals surface area (Å²) in [5, 5.41) is 8.14. The van der Waals surface area contributed by atoms with Crippen LogP contribution < -0.4 is 16.0 Å². The van der Waals surface area contributed by atoms with Crippen molar-refractivity contribution < 1.29 is 14.4 Å². The molecule has 0 aromatic heterocycles. The van der Waals surface area contributed by atoms with Crippen molar-refractivity contribution in [2.24, 2.45) is 0 Å². The van der Waals surface area contributed by atoms with Gasteiger partial charge in [-0.2, -0.15) is 0 Å². The molecule has 1 unspecified atom stereocenters. The average Bonchev–Trinajstić information content (AvgIpc) is 3.06. The number of nitrogens with one attached hydrogen (secondary N) is 3. The molecule has 0 saturated carbocycles. The monoisotopic (exact) mass is 661 g/mol. The minimum atomic E-state index is -0.495. The molecular weight excluding hydrogens is 634 g/mol. The van der Waals surface area contributed by atoms with E-state index in [1.165, 1.54) is 11.8 Å². The van der Waals surface area contributed by atoms with Gasteiger partial charge >= 0.3 is 0 Å². The van der Waals surface area contributed by atoms with Crippen molar-refractivity contribution in [3.05, 3.63) is 166 Å². The number of anilines is 2. The Labute approximate surface area is 268 Å². The maximum atomic E-state index is 13.4. The van der Waals surface area contributed by atoms with Crippen molar-refractivity contribution in [2.75, 3.05) is 10.6 Å². The van der Waals surface area contributed by atoms with Crippen LogP contribution in [-0.4, -0.2) is 17.7 Å². The largest absolute Gasteiger partial charge is 0.325 e. The van der Waals surface area contributed by atoms with Gasteiger partial charge in [0.15, 0.2) is 0 Å². The first kappa shape index (κ1) is 30.5. The fourth-order valence-electron chi connectivity index (χ4n) is 4.25. The third-order valence-corrected chi connectivity index (χ3v) is 8.25. The number of rotatable bonds is 10. The van der Waals surface area contributed by atoms with E-state index in [4.69, 9.17) is 0 Å². The molecule has 5 aromatic rings. The predicted molar refractivity (Wildman–Crippen MR) is 181 cm³/mol. The van der Waals surface area contributed by atoms with Gasteiger partial charge in [-0.05, 0) is 77.9 Å². The Balaban J connectivity index is 1.32. The van der Waals surface area contributed by atoms with Gasteiger partial charge in [-0.25, -0.2) is 0 Å². The summed E-state index contributed by atoms with van der Waals surface area (Å²) < 4.78 is 0.902. The van der Waals surface area contributed by atoms with Crippen LogP contribution in [0.5, 0.6) is 0 Å². The first-order valence-corrected chi connectivity index (χ1v) is 15.4. The molecule has 5 aromatic carbocycles. The van der Waals surface area contributed by atoms with Crippen LogP contribution in [0.15, 0.2) is 155 Å². The smallest absolute Gasteiger partial charge is 0.272 e. The van der Waals surface area contributed by atoms with E-state index in [-0.39, 0.29) is 11.6 Å². The van der Waals surface area contributed by atoms with Gasteiger partial charge in [0.2, 0.25) is 5.91 Å². The lowest BCUT2D eigenvalue weighted by Gasteiger charge is -2.17. The highest BCUT2D eigenvalue weighted by Crippen LogP contribution is 2.36. The van der Waals surface area contributed by atoms with Crippen LogP contribution in [0, 0.1) is 0 Å². The highest BCUT2D eigenvalue weighted by Gasteiger charge is 2.22. The second kappa shape index (κ2) is 15.0. The van der Waals surface area contributed by atoms with E-state index in [0.717, 1.165) is 26.2 Å². The predicted octanol–water partition coefficient (Wildman–Crippen LogP) is 8.33. The zero-order valence-electron chi connectivity index (χ0n) is 23.4. The average molecular weight is 663 g/mol. The van der Waals surface area contributed by atoms with Gasteiger partial charge in [-0.1, -0.05) is 94.8 Å². The second-order valence-corrected chi connectivity index (χ2v) is 11.8. The number of amides is 3. The van der Waals surface area contributed by atoms with Crippen molar-refractivity contribution >= 4 is 62.9 Å². The van der Waals surface area contributed by atoms with Crippen molar-refractivity contribution in [1.29, 1.82) is 0 Å². The first-order chi connectivity index (χ1) is 21.4. The van der Waals surface area contributed by atoms with Crippen LogP contribution in [-0.2, 0) is 9.59 Å². The Morgan fingerprint density at radius 1 is 0.636 bits per heavy atom. The summed E-state index contributed by atoms with van der Waals surface area (Å²) >= 11 is 4.83. The van der Waals surface area contributed by atoms with Crippen LogP contribution in [0.4, 0.5) is 11.4 Å². The molecule has 44 heavy (non-hydrogen) atoms. The Morgan fingerprint density at radius 3 is 1.84 bits per heavy atom. The molecule has 8 heteroatoms. The third kappa shape index (κ3) is 8.56. The summed E-state index contributed by atoms with van der Waals surface area (Å²) in [4.78, 5) is 40.5. The summed E-state index contributed by atoms with van der Waals surface area (Å²) in [6, 6.07) is 42.3. The molecule has 218 valence electrons. The molecule has 0 bridgehead atoms. The first-order valence-electron chi connectivity index (χ1n) is 13.8. The maximum absolute atomic E-state index is 13.4. The zero-order chi connectivity index (χ0) is 30.7. The highest BCUT2D eigenvalue weighted by atomic mass is 79.9. The van der Waals surface area contributed by atoms with Crippen LogP contribution in [0.1, 0.15) is 26.7 Å². The number of hydrogen-bond donors (Lipinski definition) is 3. The SMILES string of the molecule is O=C(Nc1ccc(SC(C(=O)Nc2ccccc2)c2ccccc2)cc1)/C(=C/c1ccc(Br)cc1)NC(=O)c1ccccc1. The van der Waals surface area contributed by atoms with E-state index in [1.54, 1.807) is 42.5 Å². The van der Waals surface area contributed by atoms with Gasteiger partial charge in [0.1, 0.15) is 10.9 Å². The molecule has 3 N–H and O–H groups in total. The summed E-state index contributed by atoms with van der Waals surface area (Å²) in [6.07, 6.45) is 1.63. The molecule has 0 aliphatic heterocycles. The van der Waals surface area contributed by atoms with Crippen LogP contribution in [0.3, 0.4) is 0 Å². The van der Waals surface area contributed by atoms with Crippen LogP contribution in [0.25, 0.3) is 6.08 Å². The van der Waals surface area contributed by atoms with Crippen LogP contribution in [0.2, 0.25) is 0 Å². The van der Waals surface area contributed by atoms with Gasteiger partial charge < -0.3 is 16.0 Å². The lowest BCUT2D eigenvalue weighted by Crippen LogP contribution is -2.30. The fraction of sp³-hybridized carbons (Fsp3) is 0.0278. The zero-order valence-corrected chi connectivity index (χ0v) is 25.8. The Kier molecular flexibility index (Phi) is 10.4. The molecule has 0 spiro atoms. The molecule has 6 nitrogen and oxygen atoms in total. The Hall–Kier alpha value is -4.92. The van der Waals surface area contributed by atoms with Crippen molar-refractivity contribution in [2.45, 2.75) is 10.1 Å². The van der Waals surface area contributed by atoms with Crippen molar-refractivity contribution in [1.82, 2.24) is 5.32 Å². The molecule has 0 heterocycles. The number of carbonyl (C=O) groups is 3. The van der Waals surface area contributed by atoms with Gasteiger partial charge in [0, 0.05) is 26.3 Å². The lowest BCUT2D eigenvalue weighted by molar-refractivity contribution is -0.116. The molecule has 1 atom stereocenters. The summed E-state index contributed by atoms with van der Waals surface area (Å²) in [6.45, 7) is 0. The molecule has 0 radical (unpaired) electrons. The third-order valence-electron chi connectivity index (χ3n) is 6.46. The molecule has 5 rings (SSSR count). The number of thioether (sulfide) groups is 1. The molecule has 0 fully saturated rings. The maximum Gasteiger partial charge on any atom is 0.272 e. The molecule has 0 aliphatic carbocycles. The summed E-state index contributed by atoms with van der Waals surface area (Å²) in [5.74, 6) is -1.000. The number of hydrogen-bond acceptors (Lipinski definition) is 4. The summed E-state index contributed by atoms with van der Waals surface area (Å²) in [5.41, 5.74) is 3.43. The number of benzene rings is 5. The molecule has 0 aliphatic rings. The van der Waals surface area contributed by atoms with E-state index in [1.807, 2.05) is 103 Å². The van der Waals surface area contributed by atoms with E-state index in [9.17, 15) is 14.4 Å². The number of halogens is 1. The van der Waals surface area contributed by atoms with Crippen molar-refractivity contribution in [3.63, 3.8) is 0 Å². The second-order valence-electron chi connectivity index (χ2n) is 9.67. The number of carbonyl (C=O) groups excluding carboxylic acids is 3. The topological polar surface area (TPSA) is 87.3 Å². The number of para-hydroxylation sites is 1. The van der Waals surface area contributed by atoms with Crippen LogP contribution >= 0.6 is 27.7 Å². The Morgan fingerprint density at radius 2 is 1.20 bits per heavy atom. The van der Waals surface area contributed by atoms with E-state index >= 15 is 0 Å². The molecule has 0 saturated heterocycles. The quantitative estimate of drug-likeness (QED) is 0.104. The van der Waals surface area contributed by atoms with Gasteiger partial charge in [0.05, 0.1) is 0 Å². The van der Waals surface area contributed by atoms with E-state index < -0.39 is 17.1 Å². The van der Waals surface area contributed by atoms with Gasteiger partial charge in [-0.3, -0.25) is 14.4 Å². The normalized spacial score (nSPS) is 11.7. The Bertz CT molecular complexity index is 1750. The fourth-order valence-corrected chi connectivity index (χ4v) is 5.54. The highest BCUT2D eigenvalue weighted by molar-refractivity contribution is 9.10. The summed E-state index contributed by atoms with van der Waals surface area (Å²) in [7, 11) is 0. The van der Waals surface area contributed by atoms with Gasteiger partial charge in [-0.15, -0.1) is 11.8 Å². The standard InChI is InChI=1S/C36H28BrN3O3S/c37-28-18-16-25(17-19-28)24-32(40-34(41)27-12-6-2-7-13-27)35(42)38-30-20-22-31(23-21-30)44-33(26-10-4-1-5-11-26)36(43)39-29-14-8-3-9-15-29/h1-24,33H,(H,38,42)(H,39,43)(H,40,41)/b32-24-. The van der Waals surface area contributed by atoms with E-state index in [0.29, 0.717) is 11.3 Å². The van der Waals surface area contributed by atoms with Crippen molar-refractivity contribution in [3.8, 4) is 0 Å². The molecule has 3 amide bonds. The lowest BCUT2D eigenvalue weighted by atomic mass is 10.1. The molecular formula is C36H28BrN3O3S.